The van der Waals surface area contributed by atoms with Crippen LogP contribution in [0.5, 0.6) is 0 Å². The van der Waals surface area contributed by atoms with Gasteiger partial charge in [-0.2, -0.15) is 5.26 Å². The second-order valence-electron chi connectivity index (χ2n) is 7.06. The molecule has 0 aliphatic carbocycles. The van der Waals surface area contributed by atoms with Crippen LogP contribution in [0.1, 0.15) is 17.7 Å². The van der Waals surface area contributed by atoms with Crippen LogP contribution in [-0.4, -0.2) is 11.7 Å². The fourth-order valence-corrected chi connectivity index (χ4v) is 5.63. The van der Waals surface area contributed by atoms with Gasteiger partial charge < -0.3 is 10.6 Å². The van der Waals surface area contributed by atoms with Gasteiger partial charge in [0, 0.05) is 32.3 Å². The van der Waals surface area contributed by atoms with Crippen LogP contribution in [0.15, 0.2) is 95.2 Å². The minimum Gasteiger partial charge on any atom is -0.353 e. The number of amides is 1. The Labute approximate surface area is 190 Å². The quantitative estimate of drug-likeness (QED) is 0.448. The maximum atomic E-state index is 13.4. The third-order valence-electron chi connectivity index (χ3n) is 5.00. The Morgan fingerprint density at radius 3 is 2.71 bits per heavy atom. The van der Waals surface area contributed by atoms with Gasteiger partial charge in [-0.3, -0.25) is 4.79 Å². The highest BCUT2D eigenvalue weighted by Crippen LogP contribution is 2.44. The number of allylic oxidation sites excluding steroid dienone is 2. The van der Waals surface area contributed by atoms with E-state index in [1.165, 1.54) is 11.8 Å². The Morgan fingerprint density at radius 1 is 1.26 bits per heavy atom. The Hall–Kier alpha value is -3.27. The minimum absolute atomic E-state index is 0.209. The number of carbonyl (C=O) groups excluding carboxylic acids is 1. The number of benzene rings is 2. The number of hydrogen-bond acceptors (Lipinski definition) is 5. The lowest BCUT2D eigenvalue weighted by molar-refractivity contribution is -0.113. The van der Waals surface area contributed by atoms with E-state index in [9.17, 15) is 10.1 Å². The lowest BCUT2D eigenvalue weighted by Gasteiger charge is -2.29. The smallest absolute Gasteiger partial charge is 0.254 e. The zero-order valence-corrected chi connectivity index (χ0v) is 18.6. The third-order valence-corrected chi connectivity index (χ3v) is 7.19. The molecule has 154 valence electrons. The Morgan fingerprint density at radius 2 is 2.00 bits per heavy atom. The average Bonchev–Trinajstić information content (AvgIpc) is 3.21. The molecule has 0 saturated heterocycles. The molecule has 1 aliphatic heterocycles. The SMILES string of the molecule is C=CCSC1=C(C#N)C(c2cc3ccccc3s2)C(C(=O)Nc2ccccc2)=C(C)N1. The van der Waals surface area contributed by atoms with E-state index in [0.717, 1.165) is 31.4 Å². The van der Waals surface area contributed by atoms with Crippen molar-refractivity contribution in [2.45, 2.75) is 12.8 Å². The van der Waals surface area contributed by atoms with Gasteiger partial charge in [-0.15, -0.1) is 29.7 Å². The molecule has 2 N–H and O–H groups in total. The van der Waals surface area contributed by atoms with Gasteiger partial charge in [0.05, 0.1) is 22.6 Å². The van der Waals surface area contributed by atoms with Crippen LogP contribution in [0.3, 0.4) is 0 Å². The highest BCUT2D eigenvalue weighted by Gasteiger charge is 2.35. The summed E-state index contributed by atoms with van der Waals surface area (Å²) >= 11 is 3.15. The molecule has 0 fully saturated rings. The van der Waals surface area contributed by atoms with Crippen LogP contribution in [0.2, 0.25) is 0 Å². The van der Waals surface area contributed by atoms with E-state index < -0.39 is 5.92 Å². The molecule has 1 aromatic heterocycles. The second-order valence-corrected chi connectivity index (χ2v) is 9.20. The molecule has 1 amide bonds. The van der Waals surface area contributed by atoms with Gasteiger partial charge in [0.15, 0.2) is 0 Å². The first-order valence-electron chi connectivity index (χ1n) is 9.83. The van der Waals surface area contributed by atoms with Crippen molar-refractivity contribution in [3.63, 3.8) is 0 Å². The van der Waals surface area contributed by atoms with Crippen molar-refractivity contribution in [3.8, 4) is 6.07 Å². The topological polar surface area (TPSA) is 64.9 Å². The van der Waals surface area contributed by atoms with E-state index in [2.05, 4.69) is 41.5 Å². The molecule has 1 unspecified atom stereocenters. The van der Waals surface area contributed by atoms with E-state index in [0.29, 0.717) is 16.9 Å². The molecule has 2 heterocycles. The first-order chi connectivity index (χ1) is 15.1. The van der Waals surface area contributed by atoms with Gasteiger partial charge in [-0.25, -0.2) is 0 Å². The Kier molecular flexibility index (Phi) is 6.26. The number of para-hydroxylation sites is 1. The molecule has 3 aromatic rings. The highest BCUT2D eigenvalue weighted by atomic mass is 32.2. The summed E-state index contributed by atoms with van der Waals surface area (Å²) in [6.45, 7) is 5.67. The summed E-state index contributed by atoms with van der Waals surface area (Å²) in [6, 6.07) is 22.0. The molecule has 6 heteroatoms. The van der Waals surface area contributed by atoms with E-state index in [4.69, 9.17) is 0 Å². The molecular formula is C25H21N3OS2. The van der Waals surface area contributed by atoms with Crippen molar-refractivity contribution in [3.05, 3.63) is 100 Å². The summed E-state index contributed by atoms with van der Waals surface area (Å²) in [5.41, 5.74) is 2.59. The van der Waals surface area contributed by atoms with Crippen LogP contribution in [-0.2, 0) is 4.79 Å². The number of nitrogens with zero attached hydrogens (tertiary/aromatic N) is 1. The number of thiophene rings is 1. The van der Waals surface area contributed by atoms with Crippen LogP contribution in [0, 0.1) is 11.3 Å². The lowest BCUT2D eigenvalue weighted by atomic mass is 9.86. The number of carbonyl (C=O) groups is 1. The second kappa shape index (κ2) is 9.25. The molecule has 4 rings (SSSR count). The van der Waals surface area contributed by atoms with Gasteiger partial charge in [-0.1, -0.05) is 42.5 Å². The summed E-state index contributed by atoms with van der Waals surface area (Å²) in [5.74, 6) is 0.0321. The summed E-state index contributed by atoms with van der Waals surface area (Å²) in [7, 11) is 0. The number of hydrogen-bond donors (Lipinski definition) is 2. The maximum absolute atomic E-state index is 13.4. The largest absolute Gasteiger partial charge is 0.353 e. The van der Waals surface area contributed by atoms with Crippen molar-refractivity contribution in [2.24, 2.45) is 0 Å². The van der Waals surface area contributed by atoms with Crippen LogP contribution < -0.4 is 10.6 Å². The van der Waals surface area contributed by atoms with Gasteiger partial charge in [-0.05, 0) is 36.6 Å². The molecule has 0 bridgehead atoms. The molecule has 2 aromatic carbocycles. The minimum atomic E-state index is -0.431. The fourth-order valence-electron chi connectivity index (χ4n) is 3.62. The number of thioether (sulfide) groups is 1. The maximum Gasteiger partial charge on any atom is 0.254 e. The number of rotatable bonds is 6. The lowest BCUT2D eigenvalue weighted by Crippen LogP contribution is -2.30. The van der Waals surface area contributed by atoms with E-state index in [1.54, 1.807) is 17.4 Å². The van der Waals surface area contributed by atoms with Crippen molar-refractivity contribution in [2.75, 3.05) is 11.1 Å². The zero-order valence-electron chi connectivity index (χ0n) is 17.0. The van der Waals surface area contributed by atoms with Crippen molar-refractivity contribution < 1.29 is 4.79 Å². The van der Waals surface area contributed by atoms with Gasteiger partial charge in [0.25, 0.3) is 5.91 Å². The highest BCUT2D eigenvalue weighted by molar-refractivity contribution is 8.03. The number of fused-ring (bicyclic) bond motifs is 1. The summed E-state index contributed by atoms with van der Waals surface area (Å²) in [6.07, 6.45) is 1.81. The Balaban J connectivity index is 1.82. The molecule has 0 radical (unpaired) electrons. The van der Waals surface area contributed by atoms with E-state index in [-0.39, 0.29) is 5.91 Å². The van der Waals surface area contributed by atoms with Gasteiger partial charge >= 0.3 is 0 Å². The standard InChI is InChI=1S/C25H21N3OS2/c1-3-13-30-25-19(15-26)23(21-14-17-9-7-8-12-20(17)31-21)22(16(2)27-25)24(29)28-18-10-5-4-6-11-18/h3-12,14,23,27H,1,13H2,2H3,(H,28,29). The molecule has 4 nitrogen and oxygen atoms in total. The first-order valence-corrected chi connectivity index (χ1v) is 11.6. The number of nitriles is 1. The average molecular weight is 444 g/mol. The molecule has 31 heavy (non-hydrogen) atoms. The number of dihydropyridines is 1. The predicted octanol–water partition coefficient (Wildman–Crippen LogP) is 6.16. The number of anilines is 1. The molecule has 1 atom stereocenters. The zero-order chi connectivity index (χ0) is 21.8. The summed E-state index contributed by atoms with van der Waals surface area (Å²) < 4.78 is 1.13. The normalized spacial score (nSPS) is 16.1. The van der Waals surface area contributed by atoms with E-state index in [1.807, 2.05) is 49.4 Å². The number of nitrogens with one attached hydrogen (secondary N) is 2. The first kappa shape index (κ1) is 21.0. The van der Waals surface area contributed by atoms with Crippen LogP contribution >= 0.6 is 23.1 Å². The molecule has 0 saturated carbocycles. The molecular weight excluding hydrogens is 422 g/mol. The predicted molar refractivity (Wildman–Crippen MR) is 131 cm³/mol. The van der Waals surface area contributed by atoms with Crippen LogP contribution in [0.4, 0.5) is 5.69 Å². The summed E-state index contributed by atoms with van der Waals surface area (Å²) in [5, 5.41) is 18.3. The van der Waals surface area contributed by atoms with Crippen LogP contribution in [0.25, 0.3) is 10.1 Å². The Bertz CT molecular complexity index is 1220. The third kappa shape index (κ3) is 4.29. The monoisotopic (exact) mass is 443 g/mol. The van der Waals surface area contributed by atoms with Crippen molar-refractivity contribution >= 4 is 44.8 Å². The van der Waals surface area contributed by atoms with E-state index >= 15 is 0 Å². The molecule has 0 spiro atoms. The summed E-state index contributed by atoms with van der Waals surface area (Å²) in [4.78, 5) is 14.4. The van der Waals surface area contributed by atoms with Crippen molar-refractivity contribution in [1.29, 1.82) is 5.26 Å². The fraction of sp³-hybridized carbons (Fsp3) is 0.120. The van der Waals surface area contributed by atoms with Gasteiger partial charge in [0.2, 0.25) is 0 Å². The van der Waals surface area contributed by atoms with Gasteiger partial charge in [0.1, 0.15) is 0 Å². The molecule has 1 aliphatic rings. The van der Waals surface area contributed by atoms with Crippen molar-refractivity contribution in [1.82, 2.24) is 5.32 Å².